The van der Waals surface area contributed by atoms with Crippen LogP contribution in [0.3, 0.4) is 0 Å². The second-order valence-electron chi connectivity index (χ2n) is 6.07. The Hall–Kier alpha value is -2.37. The van der Waals surface area contributed by atoms with Gasteiger partial charge in [0.15, 0.2) is 23.6 Å². The van der Waals surface area contributed by atoms with E-state index < -0.39 is 36.8 Å². The van der Waals surface area contributed by atoms with Gasteiger partial charge in [0.1, 0.15) is 12.2 Å². The molecule has 1 amide bonds. The summed E-state index contributed by atoms with van der Waals surface area (Å²) in [7, 11) is 0. The third-order valence-corrected chi connectivity index (χ3v) is 3.94. The van der Waals surface area contributed by atoms with Gasteiger partial charge in [-0.2, -0.15) is 4.98 Å². The van der Waals surface area contributed by atoms with Crippen molar-refractivity contribution in [2.75, 3.05) is 11.9 Å². The number of H-pyrrole nitrogens is 1. The number of carbonyl (C=O) groups is 1. The predicted octanol–water partition coefficient (Wildman–Crippen LogP) is -0.697. The maximum atomic E-state index is 13.9. The first kappa shape index (κ1) is 17.5. The third-order valence-electron chi connectivity index (χ3n) is 3.94. The molecule has 2 aromatic rings. The maximum absolute atomic E-state index is 13.9. The molecule has 0 spiro atoms. The van der Waals surface area contributed by atoms with E-state index in [4.69, 9.17) is 9.84 Å². The minimum atomic E-state index is -1.80. The highest BCUT2D eigenvalue weighted by atomic mass is 19.1. The van der Waals surface area contributed by atoms with Crippen LogP contribution in [0, 0.1) is 5.92 Å². The van der Waals surface area contributed by atoms with Gasteiger partial charge in [-0.15, -0.1) is 0 Å². The number of alkyl halides is 1. The molecule has 2 unspecified atom stereocenters. The van der Waals surface area contributed by atoms with Gasteiger partial charge in [-0.3, -0.25) is 24.5 Å². The highest BCUT2D eigenvalue weighted by molar-refractivity contribution is 5.91. The zero-order chi connectivity index (χ0) is 18.3. The number of nitrogens with zero attached hydrogens (tertiary/aromatic N) is 3. The number of fused-ring (bicyclic) bond motifs is 1. The average Bonchev–Trinajstić information content (AvgIpc) is 3.10. The first-order chi connectivity index (χ1) is 11.8. The summed E-state index contributed by atoms with van der Waals surface area (Å²) in [5.41, 5.74) is -0.648. The van der Waals surface area contributed by atoms with Crippen LogP contribution in [0.5, 0.6) is 0 Å². The van der Waals surface area contributed by atoms with Crippen molar-refractivity contribution >= 4 is 23.0 Å². The molecule has 3 heterocycles. The van der Waals surface area contributed by atoms with E-state index in [0.717, 1.165) is 0 Å². The number of aromatic nitrogens is 4. The number of nitrogens with one attached hydrogen (secondary N) is 2. The minimum Gasteiger partial charge on any atom is -0.394 e. The Balaban J connectivity index is 2.01. The van der Waals surface area contributed by atoms with E-state index in [1.807, 2.05) is 0 Å². The van der Waals surface area contributed by atoms with Gasteiger partial charge in [0.2, 0.25) is 11.9 Å². The van der Waals surface area contributed by atoms with E-state index in [1.54, 1.807) is 13.8 Å². The molecule has 11 heteroatoms. The summed E-state index contributed by atoms with van der Waals surface area (Å²) in [5.74, 6) is -0.778. The summed E-state index contributed by atoms with van der Waals surface area (Å²) in [5, 5.41) is 21.6. The van der Waals surface area contributed by atoms with E-state index in [0.29, 0.717) is 0 Å². The van der Waals surface area contributed by atoms with Crippen molar-refractivity contribution in [3.05, 3.63) is 16.7 Å². The molecule has 1 aliphatic heterocycles. The molecular formula is C14H18FN5O5. The average molecular weight is 355 g/mol. The van der Waals surface area contributed by atoms with Crippen molar-refractivity contribution in [1.29, 1.82) is 0 Å². The second kappa shape index (κ2) is 6.50. The molecule has 3 rings (SSSR count). The minimum absolute atomic E-state index is 0.0117. The quantitative estimate of drug-likeness (QED) is 0.568. The Labute approximate surface area is 140 Å². The van der Waals surface area contributed by atoms with Crippen LogP contribution in [-0.2, 0) is 9.53 Å². The molecule has 0 radical (unpaired) electrons. The van der Waals surface area contributed by atoms with Crippen molar-refractivity contribution in [3.63, 3.8) is 0 Å². The van der Waals surface area contributed by atoms with E-state index in [1.165, 1.54) is 10.9 Å². The van der Waals surface area contributed by atoms with Crippen LogP contribution in [-0.4, -0.2) is 60.6 Å². The number of aliphatic hydroxyl groups is 2. The van der Waals surface area contributed by atoms with Gasteiger partial charge in [0.05, 0.1) is 12.9 Å². The summed E-state index contributed by atoms with van der Waals surface area (Å²) in [6, 6.07) is 0. The standard InChI is InChI=1S/C14H18FN5O5/c1-5(2)11(23)18-14-17-10-8(12(24)19-14)16-4-20(10)13-9(22)7(15)6(3-21)25-13/h4-7,9,13,21-22H,3H2,1-2H3,(H2,17,18,19,23,24)/t6-,7?,9?,13-/m1/s1. The highest BCUT2D eigenvalue weighted by Gasteiger charge is 2.45. The number of halogens is 1. The fourth-order valence-corrected chi connectivity index (χ4v) is 2.52. The number of hydrogen-bond donors (Lipinski definition) is 4. The molecule has 25 heavy (non-hydrogen) atoms. The predicted molar refractivity (Wildman–Crippen MR) is 83.5 cm³/mol. The van der Waals surface area contributed by atoms with E-state index in [-0.39, 0.29) is 28.9 Å². The van der Waals surface area contributed by atoms with Crippen LogP contribution >= 0.6 is 0 Å². The number of imidazole rings is 1. The number of rotatable bonds is 4. The summed E-state index contributed by atoms with van der Waals surface area (Å²) in [4.78, 5) is 34.3. The number of ether oxygens (including phenoxy) is 1. The topological polar surface area (TPSA) is 142 Å². The van der Waals surface area contributed by atoms with Gasteiger partial charge in [-0.1, -0.05) is 13.8 Å². The molecule has 0 aromatic carbocycles. The first-order valence-electron chi connectivity index (χ1n) is 7.69. The van der Waals surface area contributed by atoms with Crippen LogP contribution in [0.4, 0.5) is 10.3 Å². The molecule has 4 atom stereocenters. The fraction of sp³-hybridized carbons (Fsp3) is 0.571. The smallest absolute Gasteiger partial charge is 0.280 e. The van der Waals surface area contributed by atoms with Gasteiger partial charge in [0, 0.05) is 5.92 Å². The van der Waals surface area contributed by atoms with Crippen molar-refractivity contribution in [2.24, 2.45) is 5.92 Å². The van der Waals surface area contributed by atoms with E-state index in [2.05, 4.69) is 20.3 Å². The summed E-state index contributed by atoms with van der Waals surface area (Å²) < 4.78 is 20.4. The number of hydrogen-bond acceptors (Lipinski definition) is 7. The molecule has 1 aliphatic rings. The van der Waals surface area contributed by atoms with Gasteiger partial charge < -0.3 is 14.9 Å². The summed E-state index contributed by atoms with van der Waals surface area (Å²) >= 11 is 0. The molecule has 0 bridgehead atoms. The highest BCUT2D eigenvalue weighted by Crippen LogP contribution is 2.32. The van der Waals surface area contributed by atoms with Crippen LogP contribution in [0.1, 0.15) is 20.1 Å². The third kappa shape index (κ3) is 3.01. The number of carbonyl (C=O) groups excluding carboxylic acids is 1. The first-order valence-corrected chi connectivity index (χ1v) is 7.69. The Morgan fingerprint density at radius 1 is 1.56 bits per heavy atom. The Morgan fingerprint density at radius 3 is 2.88 bits per heavy atom. The lowest BCUT2D eigenvalue weighted by Crippen LogP contribution is -2.29. The van der Waals surface area contributed by atoms with Crippen LogP contribution in [0.25, 0.3) is 11.2 Å². The van der Waals surface area contributed by atoms with E-state index in [9.17, 15) is 19.1 Å². The normalized spacial score (nSPS) is 26.5. The SMILES string of the molecule is CC(C)C(=O)Nc1nc2c(ncn2[C@@H]2O[C@H](CO)C(F)C2O)c(=O)[nH]1. The van der Waals surface area contributed by atoms with Crippen LogP contribution < -0.4 is 10.9 Å². The van der Waals surface area contributed by atoms with Crippen molar-refractivity contribution in [1.82, 2.24) is 19.5 Å². The lowest BCUT2D eigenvalue weighted by molar-refractivity contribution is -0.118. The molecule has 1 fully saturated rings. The molecule has 1 saturated heterocycles. The number of aromatic amines is 1. The van der Waals surface area contributed by atoms with Crippen LogP contribution in [0.15, 0.2) is 11.1 Å². The molecular weight excluding hydrogens is 337 g/mol. The second-order valence-corrected chi connectivity index (χ2v) is 6.07. The van der Waals surface area contributed by atoms with Gasteiger partial charge in [-0.05, 0) is 0 Å². The zero-order valence-electron chi connectivity index (χ0n) is 13.5. The van der Waals surface area contributed by atoms with Crippen molar-refractivity contribution in [2.45, 2.75) is 38.5 Å². The number of amides is 1. The zero-order valence-corrected chi connectivity index (χ0v) is 13.5. The molecule has 2 aromatic heterocycles. The molecule has 0 saturated carbocycles. The summed E-state index contributed by atoms with van der Waals surface area (Å²) in [6.45, 7) is 2.75. The Kier molecular flexibility index (Phi) is 4.54. The van der Waals surface area contributed by atoms with Gasteiger partial charge in [-0.25, -0.2) is 9.37 Å². The Morgan fingerprint density at radius 2 is 2.28 bits per heavy atom. The van der Waals surface area contributed by atoms with E-state index >= 15 is 0 Å². The van der Waals surface area contributed by atoms with Gasteiger partial charge in [0.25, 0.3) is 5.56 Å². The van der Waals surface area contributed by atoms with Gasteiger partial charge >= 0.3 is 0 Å². The number of anilines is 1. The maximum Gasteiger partial charge on any atom is 0.280 e. The monoisotopic (exact) mass is 355 g/mol. The van der Waals surface area contributed by atoms with Crippen molar-refractivity contribution < 1.29 is 24.1 Å². The Bertz CT molecular complexity index is 850. The largest absolute Gasteiger partial charge is 0.394 e. The lowest BCUT2D eigenvalue weighted by atomic mass is 10.1. The molecule has 4 N–H and O–H groups in total. The summed E-state index contributed by atoms with van der Waals surface area (Å²) in [6.07, 6.45) is -4.58. The van der Waals surface area contributed by atoms with Crippen LogP contribution in [0.2, 0.25) is 0 Å². The molecule has 10 nitrogen and oxygen atoms in total. The molecule has 0 aliphatic carbocycles. The van der Waals surface area contributed by atoms with Crippen molar-refractivity contribution in [3.8, 4) is 0 Å². The fourth-order valence-electron chi connectivity index (χ4n) is 2.52. The molecule has 136 valence electrons. The number of aliphatic hydroxyl groups excluding tert-OH is 2. The lowest BCUT2D eigenvalue weighted by Gasteiger charge is -2.16.